The molecule has 6 nitrogen and oxygen atoms in total. The van der Waals surface area contributed by atoms with Crippen molar-refractivity contribution in [2.24, 2.45) is 5.92 Å². The second-order valence-electron chi connectivity index (χ2n) is 4.35. The van der Waals surface area contributed by atoms with Gasteiger partial charge in [-0.3, -0.25) is 4.79 Å². The predicted octanol–water partition coefficient (Wildman–Crippen LogP) is 1.43. The number of hydrogen-bond acceptors (Lipinski definition) is 4. The Labute approximate surface area is 119 Å². The first kappa shape index (κ1) is 16.5. The minimum absolute atomic E-state index is 0.0435. The topological polar surface area (TPSA) is 83.9 Å². The minimum atomic E-state index is -3.78. The molecule has 112 valence electrons. The van der Waals surface area contributed by atoms with Crippen molar-refractivity contribution >= 4 is 16.0 Å². The molecule has 1 aromatic carbocycles. The van der Waals surface area contributed by atoms with Gasteiger partial charge in [-0.05, 0) is 12.1 Å². The molecule has 0 radical (unpaired) electrons. The van der Waals surface area contributed by atoms with Crippen LogP contribution in [0.1, 0.15) is 13.8 Å². The molecule has 1 aromatic rings. The quantitative estimate of drug-likeness (QED) is 0.823. The maximum absolute atomic E-state index is 12.6. The van der Waals surface area contributed by atoms with Crippen LogP contribution < -0.4 is 4.74 Å². The third-order valence-corrected chi connectivity index (χ3v) is 4.92. The molecule has 0 saturated carbocycles. The van der Waals surface area contributed by atoms with Crippen molar-refractivity contribution in [1.82, 2.24) is 4.31 Å². The molecule has 1 unspecified atom stereocenters. The number of para-hydroxylation sites is 1. The van der Waals surface area contributed by atoms with E-state index in [1.807, 2.05) is 0 Å². The van der Waals surface area contributed by atoms with Crippen molar-refractivity contribution in [3.63, 3.8) is 0 Å². The highest BCUT2D eigenvalue weighted by Gasteiger charge is 2.29. The normalized spacial score (nSPS) is 13.2. The predicted molar refractivity (Wildman–Crippen MR) is 74.2 cm³/mol. The summed E-state index contributed by atoms with van der Waals surface area (Å²) in [6.45, 7) is 3.26. The standard InChI is InChI=1S/C13H19NO5S/c1-4-14(9-10(2)13(15)16)20(17,18)12-8-6-5-7-11(12)19-3/h5-8,10H,4,9H2,1-3H3,(H,15,16). The van der Waals surface area contributed by atoms with Crippen LogP contribution >= 0.6 is 0 Å². The smallest absolute Gasteiger partial charge is 0.307 e. The molecule has 0 aliphatic carbocycles. The molecule has 7 heteroatoms. The lowest BCUT2D eigenvalue weighted by molar-refractivity contribution is -0.141. The zero-order valence-electron chi connectivity index (χ0n) is 11.7. The highest BCUT2D eigenvalue weighted by Crippen LogP contribution is 2.26. The third-order valence-electron chi connectivity index (χ3n) is 2.94. The van der Waals surface area contributed by atoms with Gasteiger partial charge in [0.05, 0.1) is 13.0 Å². The molecule has 0 fully saturated rings. The van der Waals surface area contributed by atoms with Crippen molar-refractivity contribution in [3.8, 4) is 5.75 Å². The third kappa shape index (κ3) is 3.49. The lowest BCUT2D eigenvalue weighted by atomic mass is 10.2. The number of benzene rings is 1. The first-order valence-corrected chi connectivity index (χ1v) is 7.64. The van der Waals surface area contributed by atoms with Crippen LogP contribution in [0.5, 0.6) is 5.75 Å². The van der Waals surface area contributed by atoms with Crippen LogP contribution in [-0.2, 0) is 14.8 Å². The van der Waals surface area contributed by atoms with E-state index in [0.717, 1.165) is 4.31 Å². The van der Waals surface area contributed by atoms with Crippen molar-refractivity contribution in [3.05, 3.63) is 24.3 Å². The Kier molecular flexibility index (Phi) is 5.52. The number of carboxylic acid groups (broad SMARTS) is 1. The van der Waals surface area contributed by atoms with Crippen LogP contribution in [0.25, 0.3) is 0 Å². The number of hydrogen-bond donors (Lipinski definition) is 1. The summed E-state index contributed by atoms with van der Waals surface area (Å²) in [7, 11) is -2.38. The monoisotopic (exact) mass is 301 g/mol. The molecular formula is C13H19NO5S. The Balaban J connectivity index is 3.15. The van der Waals surface area contributed by atoms with E-state index in [0.29, 0.717) is 0 Å². The number of ether oxygens (including phenoxy) is 1. The number of methoxy groups -OCH3 is 1. The molecule has 20 heavy (non-hydrogen) atoms. The van der Waals surface area contributed by atoms with Gasteiger partial charge in [-0.15, -0.1) is 0 Å². The van der Waals surface area contributed by atoms with Crippen LogP contribution in [0, 0.1) is 5.92 Å². The fourth-order valence-electron chi connectivity index (χ4n) is 1.75. The van der Waals surface area contributed by atoms with E-state index in [-0.39, 0.29) is 23.7 Å². The molecule has 1 atom stereocenters. The van der Waals surface area contributed by atoms with Crippen LogP contribution in [-0.4, -0.2) is 44.0 Å². The summed E-state index contributed by atoms with van der Waals surface area (Å²) in [5.74, 6) is -1.56. The zero-order valence-corrected chi connectivity index (χ0v) is 12.6. The summed E-state index contributed by atoms with van der Waals surface area (Å²) in [6.07, 6.45) is 0. The number of carboxylic acids is 1. The number of nitrogens with zero attached hydrogens (tertiary/aromatic N) is 1. The van der Waals surface area contributed by atoms with Crippen LogP contribution in [0.4, 0.5) is 0 Å². The summed E-state index contributed by atoms with van der Waals surface area (Å²) in [5, 5.41) is 8.92. The van der Waals surface area contributed by atoms with E-state index >= 15 is 0 Å². The Bertz CT molecular complexity index is 570. The molecule has 0 saturated heterocycles. The zero-order chi connectivity index (χ0) is 15.3. The second kappa shape index (κ2) is 6.71. The molecule has 0 aliphatic heterocycles. The van der Waals surface area contributed by atoms with E-state index in [1.165, 1.54) is 20.1 Å². The lowest BCUT2D eigenvalue weighted by Gasteiger charge is -2.23. The van der Waals surface area contributed by atoms with Gasteiger partial charge in [-0.25, -0.2) is 8.42 Å². The summed E-state index contributed by atoms with van der Waals surface area (Å²) in [6, 6.07) is 6.28. The minimum Gasteiger partial charge on any atom is -0.495 e. The molecule has 1 rings (SSSR count). The van der Waals surface area contributed by atoms with Crippen LogP contribution in [0.15, 0.2) is 29.2 Å². The van der Waals surface area contributed by atoms with Crippen LogP contribution in [0.3, 0.4) is 0 Å². The van der Waals surface area contributed by atoms with Gasteiger partial charge in [-0.1, -0.05) is 26.0 Å². The highest BCUT2D eigenvalue weighted by molar-refractivity contribution is 7.89. The largest absolute Gasteiger partial charge is 0.495 e. The fourth-order valence-corrected chi connectivity index (χ4v) is 3.45. The Morgan fingerprint density at radius 1 is 1.40 bits per heavy atom. The molecular weight excluding hydrogens is 282 g/mol. The number of aliphatic carboxylic acids is 1. The van der Waals surface area contributed by atoms with Crippen molar-refractivity contribution < 1.29 is 23.1 Å². The van der Waals surface area contributed by atoms with Crippen LogP contribution in [0.2, 0.25) is 0 Å². The van der Waals surface area contributed by atoms with E-state index in [2.05, 4.69) is 0 Å². The van der Waals surface area contributed by atoms with Gasteiger partial charge in [0.1, 0.15) is 10.6 Å². The van der Waals surface area contributed by atoms with Gasteiger partial charge < -0.3 is 9.84 Å². The van der Waals surface area contributed by atoms with Gasteiger partial charge in [0.25, 0.3) is 0 Å². The summed E-state index contributed by atoms with van der Waals surface area (Å²) in [4.78, 5) is 10.9. The van der Waals surface area contributed by atoms with E-state index < -0.39 is 21.9 Å². The van der Waals surface area contributed by atoms with Crippen molar-refractivity contribution in [2.45, 2.75) is 18.7 Å². The van der Waals surface area contributed by atoms with Gasteiger partial charge in [0.2, 0.25) is 10.0 Å². The van der Waals surface area contributed by atoms with Crippen molar-refractivity contribution in [1.29, 1.82) is 0 Å². The summed E-state index contributed by atoms with van der Waals surface area (Å²) < 4.78 is 31.3. The molecule has 0 aromatic heterocycles. The van der Waals surface area contributed by atoms with E-state index in [9.17, 15) is 13.2 Å². The van der Waals surface area contributed by atoms with E-state index in [4.69, 9.17) is 9.84 Å². The molecule has 0 amide bonds. The average molecular weight is 301 g/mol. The molecule has 0 bridgehead atoms. The van der Waals surface area contributed by atoms with Gasteiger partial charge in [0, 0.05) is 13.1 Å². The molecule has 0 spiro atoms. The maximum atomic E-state index is 12.6. The number of rotatable bonds is 7. The molecule has 0 heterocycles. The van der Waals surface area contributed by atoms with Gasteiger partial charge >= 0.3 is 5.97 Å². The maximum Gasteiger partial charge on any atom is 0.307 e. The van der Waals surface area contributed by atoms with Gasteiger partial charge in [-0.2, -0.15) is 4.31 Å². The Hall–Kier alpha value is -1.60. The van der Waals surface area contributed by atoms with E-state index in [1.54, 1.807) is 25.1 Å². The first-order valence-electron chi connectivity index (χ1n) is 6.20. The number of sulfonamides is 1. The molecule has 1 N–H and O–H groups in total. The Morgan fingerprint density at radius 2 is 2.00 bits per heavy atom. The Morgan fingerprint density at radius 3 is 2.50 bits per heavy atom. The number of carbonyl (C=O) groups is 1. The second-order valence-corrected chi connectivity index (χ2v) is 6.25. The molecule has 0 aliphatic rings. The SMILES string of the molecule is CCN(CC(C)C(=O)O)S(=O)(=O)c1ccccc1OC. The summed E-state index contributed by atoms with van der Waals surface area (Å²) >= 11 is 0. The average Bonchev–Trinajstić information content (AvgIpc) is 2.43. The lowest BCUT2D eigenvalue weighted by Crippen LogP contribution is -2.36. The highest BCUT2D eigenvalue weighted by atomic mass is 32.2. The van der Waals surface area contributed by atoms with Gasteiger partial charge in [0.15, 0.2) is 0 Å². The van der Waals surface area contributed by atoms with Crippen molar-refractivity contribution in [2.75, 3.05) is 20.2 Å². The fraction of sp³-hybridized carbons (Fsp3) is 0.462. The summed E-state index contributed by atoms with van der Waals surface area (Å²) in [5.41, 5.74) is 0. The first-order chi connectivity index (χ1) is 9.34.